The molecular weight excluding hydrogens is 260 g/mol. The molecule has 1 heterocycles. The number of hydrogen-bond acceptors (Lipinski definition) is 4. The van der Waals surface area contributed by atoms with E-state index in [0.717, 1.165) is 5.76 Å². The number of nitrogens with zero attached hydrogens (tertiary/aromatic N) is 2. The predicted octanol–water partition coefficient (Wildman–Crippen LogP) is 3.05. The number of anilines is 1. The number of furan rings is 1. The van der Waals surface area contributed by atoms with Crippen molar-refractivity contribution in [1.82, 2.24) is 0 Å². The molecule has 2 aromatic rings. The molecule has 0 saturated carbocycles. The van der Waals surface area contributed by atoms with Crippen LogP contribution in [0.25, 0.3) is 0 Å². The molecule has 2 rings (SSSR count). The van der Waals surface area contributed by atoms with Gasteiger partial charge in [0, 0.05) is 13.0 Å². The molecule has 0 radical (unpaired) electrons. The van der Waals surface area contributed by atoms with Gasteiger partial charge in [0.25, 0.3) is 5.69 Å². The number of amides is 1. The lowest BCUT2D eigenvalue weighted by Crippen LogP contribution is -2.28. The fourth-order valence-corrected chi connectivity index (χ4v) is 1.94. The van der Waals surface area contributed by atoms with Crippen LogP contribution in [0.5, 0.6) is 0 Å². The molecule has 0 aliphatic rings. The van der Waals surface area contributed by atoms with Crippen molar-refractivity contribution < 1.29 is 14.1 Å². The molecule has 0 N–H and O–H groups in total. The molecule has 0 bridgehead atoms. The molecule has 0 unspecified atom stereocenters. The number of rotatable bonds is 4. The molecule has 0 fully saturated rings. The van der Waals surface area contributed by atoms with Gasteiger partial charge in [0.1, 0.15) is 17.2 Å². The third-order valence-corrected chi connectivity index (χ3v) is 2.86. The Hall–Kier alpha value is -2.63. The standard InChI is InChI=1S/C14H14N2O4/c1-10-7-8-12(20-10)9-15(11(2)17)13-5-3-4-6-14(13)16(18)19/h3-8H,9H2,1-2H3. The molecule has 1 aromatic carbocycles. The summed E-state index contributed by atoms with van der Waals surface area (Å²) < 4.78 is 5.42. The highest BCUT2D eigenvalue weighted by Crippen LogP contribution is 2.29. The molecule has 1 aromatic heterocycles. The SMILES string of the molecule is CC(=O)N(Cc1ccc(C)o1)c1ccccc1[N+](=O)[O-]. The van der Waals surface area contributed by atoms with Gasteiger partial charge in [0.15, 0.2) is 0 Å². The molecule has 1 amide bonds. The zero-order valence-electron chi connectivity index (χ0n) is 11.2. The summed E-state index contributed by atoms with van der Waals surface area (Å²) >= 11 is 0. The molecule has 6 heteroatoms. The van der Waals surface area contributed by atoms with Gasteiger partial charge < -0.3 is 4.42 Å². The van der Waals surface area contributed by atoms with Crippen LogP contribution in [-0.2, 0) is 11.3 Å². The van der Waals surface area contributed by atoms with Crippen LogP contribution in [0.15, 0.2) is 40.8 Å². The van der Waals surface area contributed by atoms with Gasteiger partial charge in [0.2, 0.25) is 5.91 Å². The van der Waals surface area contributed by atoms with Gasteiger partial charge in [-0.25, -0.2) is 0 Å². The number of nitro benzene ring substituents is 1. The van der Waals surface area contributed by atoms with E-state index < -0.39 is 4.92 Å². The van der Waals surface area contributed by atoms with Gasteiger partial charge in [-0.3, -0.25) is 19.8 Å². The van der Waals surface area contributed by atoms with E-state index in [1.165, 1.54) is 17.9 Å². The summed E-state index contributed by atoms with van der Waals surface area (Å²) in [7, 11) is 0. The Morgan fingerprint density at radius 3 is 2.55 bits per heavy atom. The first-order chi connectivity index (χ1) is 9.49. The number of para-hydroxylation sites is 2. The topological polar surface area (TPSA) is 76.6 Å². The van der Waals surface area contributed by atoms with Crippen LogP contribution in [0.1, 0.15) is 18.4 Å². The van der Waals surface area contributed by atoms with Gasteiger partial charge in [0.05, 0.1) is 11.5 Å². The van der Waals surface area contributed by atoms with Crippen molar-refractivity contribution in [2.75, 3.05) is 4.90 Å². The van der Waals surface area contributed by atoms with E-state index in [-0.39, 0.29) is 23.8 Å². The Morgan fingerprint density at radius 2 is 2.00 bits per heavy atom. The summed E-state index contributed by atoms with van der Waals surface area (Å²) in [6.07, 6.45) is 0. The first-order valence-corrected chi connectivity index (χ1v) is 6.06. The monoisotopic (exact) mass is 274 g/mol. The molecule has 0 aliphatic heterocycles. The minimum atomic E-state index is -0.501. The summed E-state index contributed by atoms with van der Waals surface area (Å²) in [5.74, 6) is 1.02. The maximum absolute atomic E-state index is 11.8. The quantitative estimate of drug-likeness (QED) is 0.634. The Morgan fingerprint density at radius 1 is 1.30 bits per heavy atom. The van der Waals surface area contributed by atoms with E-state index in [9.17, 15) is 14.9 Å². The van der Waals surface area contributed by atoms with Gasteiger partial charge in [-0.15, -0.1) is 0 Å². The van der Waals surface area contributed by atoms with Crippen LogP contribution in [0.3, 0.4) is 0 Å². The highest BCUT2D eigenvalue weighted by molar-refractivity contribution is 5.93. The number of aryl methyl sites for hydroxylation is 1. The maximum Gasteiger partial charge on any atom is 0.292 e. The molecule has 0 aliphatic carbocycles. The van der Waals surface area contributed by atoms with Crippen molar-refractivity contribution in [3.05, 3.63) is 58.0 Å². The zero-order valence-corrected chi connectivity index (χ0v) is 11.2. The maximum atomic E-state index is 11.8. The van der Waals surface area contributed by atoms with Crippen molar-refractivity contribution >= 4 is 17.3 Å². The lowest BCUT2D eigenvalue weighted by molar-refractivity contribution is -0.384. The van der Waals surface area contributed by atoms with E-state index in [1.807, 2.05) is 0 Å². The van der Waals surface area contributed by atoms with Crippen LogP contribution in [-0.4, -0.2) is 10.8 Å². The molecule has 0 saturated heterocycles. The minimum absolute atomic E-state index is 0.106. The number of nitro groups is 1. The van der Waals surface area contributed by atoms with E-state index in [0.29, 0.717) is 5.76 Å². The normalized spacial score (nSPS) is 10.3. The largest absolute Gasteiger partial charge is 0.464 e. The Balaban J connectivity index is 2.39. The average molecular weight is 274 g/mol. The molecule has 6 nitrogen and oxygen atoms in total. The Bertz CT molecular complexity index is 648. The van der Waals surface area contributed by atoms with Crippen LogP contribution in [0.4, 0.5) is 11.4 Å². The third kappa shape index (κ3) is 2.85. The van der Waals surface area contributed by atoms with Crippen LogP contribution in [0, 0.1) is 17.0 Å². The lowest BCUT2D eigenvalue weighted by atomic mass is 10.2. The first-order valence-electron chi connectivity index (χ1n) is 6.06. The summed E-state index contributed by atoms with van der Waals surface area (Å²) in [6.45, 7) is 3.33. The third-order valence-electron chi connectivity index (χ3n) is 2.86. The van der Waals surface area contributed by atoms with Crippen molar-refractivity contribution in [3.8, 4) is 0 Å². The minimum Gasteiger partial charge on any atom is -0.464 e. The second kappa shape index (κ2) is 5.56. The van der Waals surface area contributed by atoms with E-state index in [1.54, 1.807) is 37.3 Å². The second-order valence-electron chi connectivity index (χ2n) is 4.36. The van der Waals surface area contributed by atoms with Gasteiger partial charge in [-0.05, 0) is 25.1 Å². The predicted molar refractivity (Wildman–Crippen MR) is 73.4 cm³/mol. The van der Waals surface area contributed by atoms with Crippen LogP contribution < -0.4 is 4.90 Å². The highest BCUT2D eigenvalue weighted by atomic mass is 16.6. The van der Waals surface area contributed by atoms with E-state index in [4.69, 9.17) is 4.42 Å². The van der Waals surface area contributed by atoms with E-state index in [2.05, 4.69) is 0 Å². The molecule has 0 atom stereocenters. The zero-order chi connectivity index (χ0) is 14.7. The highest BCUT2D eigenvalue weighted by Gasteiger charge is 2.22. The van der Waals surface area contributed by atoms with Crippen molar-refractivity contribution in [2.45, 2.75) is 20.4 Å². The first kappa shape index (κ1) is 13.8. The number of benzene rings is 1. The molecular formula is C14H14N2O4. The van der Waals surface area contributed by atoms with Crippen LogP contribution in [0.2, 0.25) is 0 Å². The van der Waals surface area contributed by atoms with Crippen molar-refractivity contribution in [3.63, 3.8) is 0 Å². The van der Waals surface area contributed by atoms with Gasteiger partial charge in [-0.2, -0.15) is 0 Å². The second-order valence-corrected chi connectivity index (χ2v) is 4.36. The van der Waals surface area contributed by atoms with Crippen molar-refractivity contribution in [2.24, 2.45) is 0 Å². The lowest BCUT2D eigenvalue weighted by Gasteiger charge is -2.19. The Labute approximate surface area is 115 Å². The summed E-state index contributed by atoms with van der Waals surface area (Å²) in [5, 5.41) is 11.0. The number of hydrogen-bond donors (Lipinski definition) is 0. The molecule has 104 valence electrons. The van der Waals surface area contributed by atoms with Crippen LogP contribution >= 0.6 is 0 Å². The molecule has 0 spiro atoms. The smallest absolute Gasteiger partial charge is 0.292 e. The molecule has 20 heavy (non-hydrogen) atoms. The number of carbonyl (C=O) groups excluding carboxylic acids is 1. The fourth-order valence-electron chi connectivity index (χ4n) is 1.94. The van der Waals surface area contributed by atoms with E-state index >= 15 is 0 Å². The average Bonchev–Trinajstić information content (AvgIpc) is 2.81. The fraction of sp³-hybridized carbons (Fsp3) is 0.214. The summed E-state index contributed by atoms with van der Waals surface area (Å²) in [5.41, 5.74) is 0.157. The van der Waals surface area contributed by atoms with Gasteiger partial charge >= 0.3 is 0 Å². The summed E-state index contributed by atoms with van der Waals surface area (Å²) in [4.78, 5) is 23.7. The number of carbonyl (C=O) groups is 1. The van der Waals surface area contributed by atoms with Crippen molar-refractivity contribution in [1.29, 1.82) is 0 Å². The summed E-state index contributed by atoms with van der Waals surface area (Å²) in [6, 6.07) is 9.68. The van der Waals surface area contributed by atoms with Gasteiger partial charge in [-0.1, -0.05) is 12.1 Å². The Kier molecular flexibility index (Phi) is 3.84.